The maximum absolute atomic E-state index is 13.8. The molecule has 2 amide bonds. The van der Waals surface area contributed by atoms with Crippen LogP contribution in [-0.2, 0) is 21.9 Å². The second-order valence-electron chi connectivity index (χ2n) is 6.31. The number of thioether (sulfide) groups is 1. The minimum Gasteiger partial charge on any atom is -0.355 e. The number of carbonyl (C=O) groups excluding carboxylic acids is 2. The van der Waals surface area contributed by atoms with Crippen LogP contribution in [0.2, 0.25) is 0 Å². The van der Waals surface area contributed by atoms with Crippen LogP contribution in [-0.4, -0.2) is 35.1 Å². The van der Waals surface area contributed by atoms with Gasteiger partial charge in [-0.05, 0) is 43.2 Å². The molecule has 4 nitrogen and oxygen atoms in total. The van der Waals surface area contributed by atoms with E-state index in [1.165, 1.54) is 17.8 Å². The first kappa shape index (κ1) is 22.4. The largest absolute Gasteiger partial charge is 0.355 e. The van der Waals surface area contributed by atoms with Gasteiger partial charge in [-0.3, -0.25) is 9.59 Å². The van der Waals surface area contributed by atoms with Crippen LogP contribution in [0.25, 0.3) is 0 Å². The minimum atomic E-state index is -0.597. The second kappa shape index (κ2) is 11.2. The van der Waals surface area contributed by atoms with Crippen molar-refractivity contribution in [2.45, 2.75) is 32.2 Å². The number of likely N-dealkylation sites (N-methyl/N-ethyl adjacent to an activating group) is 1. The van der Waals surface area contributed by atoms with Gasteiger partial charge in [0.25, 0.3) is 0 Å². The van der Waals surface area contributed by atoms with Gasteiger partial charge in [0, 0.05) is 23.3 Å². The Labute approximate surface area is 178 Å². The predicted molar refractivity (Wildman–Crippen MR) is 115 cm³/mol. The molecule has 0 aliphatic heterocycles. The summed E-state index contributed by atoms with van der Waals surface area (Å²) >= 11 is 4.77. The second-order valence-corrected chi connectivity index (χ2v) is 8.21. The van der Waals surface area contributed by atoms with Gasteiger partial charge < -0.3 is 10.2 Å². The molecular formula is C21H24BrFN2O2S. The number of amides is 2. The third-order valence-corrected chi connectivity index (χ3v) is 5.66. The molecule has 0 aromatic heterocycles. The van der Waals surface area contributed by atoms with Gasteiger partial charge in [-0.15, -0.1) is 11.8 Å². The monoisotopic (exact) mass is 466 g/mol. The van der Waals surface area contributed by atoms with Gasteiger partial charge in [0.15, 0.2) is 0 Å². The molecule has 0 saturated heterocycles. The summed E-state index contributed by atoms with van der Waals surface area (Å²) in [7, 11) is 0. The Morgan fingerprint density at radius 3 is 2.64 bits per heavy atom. The van der Waals surface area contributed by atoms with Crippen molar-refractivity contribution >= 4 is 39.5 Å². The van der Waals surface area contributed by atoms with E-state index in [9.17, 15) is 14.0 Å². The highest BCUT2D eigenvalue weighted by Crippen LogP contribution is 2.19. The van der Waals surface area contributed by atoms with E-state index in [0.29, 0.717) is 24.4 Å². The fourth-order valence-corrected chi connectivity index (χ4v) is 4.03. The van der Waals surface area contributed by atoms with Gasteiger partial charge in [0.1, 0.15) is 11.9 Å². The van der Waals surface area contributed by atoms with E-state index in [1.54, 1.807) is 30.0 Å². The van der Waals surface area contributed by atoms with Crippen molar-refractivity contribution in [2.75, 3.05) is 12.3 Å². The lowest BCUT2D eigenvalue weighted by molar-refractivity contribution is -0.138. The highest BCUT2D eigenvalue weighted by molar-refractivity contribution is 9.10. The van der Waals surface area contributed by atoms with Crippen molar-refractivity contribution in [3.63, 3.8) is 0 Å². The van der Waals surface area contributed by atoms with E-state index in [1.807, 2.05) is 31.2 Å². The molecular weight excluding hydrogens is 443 g/mol. The highest BCUT2D eigenvalue weighted by atomic mass is 79.9. The molecule has 28 heavy (non-hydrogen) atoms. The number of nitrogens with zero attached hydrogens (tertiary/aromatic N) is 1. The van der Waals surface area contributed by atoms with E-state index in [2.05, 4.69) is 21.2 Å². The molecule has 0 fully saturated rings. The zero-order chi connectivity index (χ0) is 20.5. The summed E-state index contributed by atoms with van der Waals surface area (Å²) in [6.45, 7) is 4.40. The van der Waals surface area contributed by atoms with Crippen molar-refractivity contribution in [1.29, 1.82) is 0 Å². The third kappa shape index (κ3) is 6.63. The third-order valence-electron chi connectivity index (χ3n) is 4.20. The molecule has 0 saturated carbocycles. The molecule has 0 aliphatic rings. The SMILES string of the molecule is CCNC(=O)[C@H](C)N(Cc1cccc(Br)c1)C(=O)CSCc1ccccc1F. The zero-order valence-corrected chi connectivity index (χ0v) is 18.4. The fourth-order valence-electron chi connectivity index (χ4n) is 2.68. The van der Waals surface area contributed by atoms with Crippen molar-refractivity contribution < 1.29 is 14.0 Å². The van der Waals surface area contributed by atoms with E-state index >= 15 is 0 Å². The lowest BCUT2D eigenvalue weighted by Crippen LogP contribution is -2.48. The number of hydrogen-bond acceptors (Lipinski definition) is 3. The number of halogens is 2. The van der Waals surface area contributed by atoms with E-state index in [-0.39, 0.29) is 23.4 Å². The predicted octanol–water partition coefficient (Wildman–Crippen LogP) is 4.37. The van der Waals surface area contributed by atoms with Gasteiger partial charge in [0.2, 0.25) is 11.8 Å². The van der Waals surface area contributed by atoms with Crippen LogP contribution in [0.4, 0.5) is 4.39 Å². The van der Waals surface area contributed by atoms with Crippen LogP contribution in [0, 0.1) is 5.82 Å². The molecule has 150 valence electrons. The van der Waals surface area contributed by atoms with Crippen LogP contribution in [0.5, 0.6) is 0 Å². The summed E-state index contributed by atoms with van der Waals surface area (Å²) < 4.78 is 14.7. The Morgan fingerprint density at radius 2 is 1.96 bits per heavy atom. The Kier molecular flexibility index (Phi) is 8.99. The smallest absolute Gasteiger partial charge is 0.242 e. The highest BCUT2D eigenvalue weighted by Gasteiger charge is 2.25. The van der Waals surface area contributed by atoms with Crippen molar-refractivity contribution in [2.24, 2.45) is 0 Å². The van der Waals surface area contributed by atoms with Crippen molar-refractivity contribution in [1.82, 2.24) is 10.2 Å². The molecule has 1 N–H and O–H groups in total. The standard InChI is InChI=1S/C21H24BrFN2O2S/c1-3-24-21(27)15(2)25(12-16-7-6-9-18(22)11-16)20(26)14-28-13-17-8-4-5-10-19(17)23/h4-11,15H,3,12-14H2,1-2H3,(H,24,27)/t15-/m0/s1. The van der Waals surface area contributed by atoms with Gasteiger partial charge in [-0.1, -0.05) is 46.3 Å². The Hall–Kier alpha value is -1.86. The quantitative estimate of drug-likeness (QED) is 0.596. The number of benzene rings is 2. The summed E-state index contributed by atoms with van der Waals surface area (Å²) in [6, 6.07) is 13.6. The number of hydrogen-bond donors (Lipinski definition) is 1. The summed E-state index contributed by atoms with van der Waals surface area (Å²) in [5, 5.41) is 2.77. The van der Waals surface area contributed by atoms with Crippen LogP contribution >= 0.6 is 27.7 Å². The Morgan fingerprint density at radius 1 is 1.21 bits per heavy atom. The van der Waals surface area contributed by atoms with Crippen LogP contribution in [0.3, 0.4) is 0 Å². The van der Waals surface area contributed by atoms with Crippen molar-refractivity contribution in [3.8, 4) is 0 Å². The summed E-state index contributed by atoms with van der Waals surface area (Å²) in [5.74, 6) is -0.0424. The fraction of sp³-hybridized carbons (Fsp3) is 0.333. The lowest BCUT2D eigenvalue weighted by Gasteiger charge is -2.28. The zero-order valence-electron chi connectivity index (χ0n) is 16.0. The molecule has 7 heteroatoms. The molecule has 0 aliphatic carbocycles. The molecule has 1 atom stereocenters. The number of carbonyl (C=O) groups is 2. The molecule has 2 aromatic rings. The molecule has 2 rings (SSSR count). The molecule has 2 aromatic carbocycles. The summed E-state index contributed by atoms with van der Waals surface area (Å²) in [5.41, 5.74) is 1.49. The molecule has 0 bridgehead atoms. The topological polar surface area (TPSA) is 49.4 Å². The maximum atomic E-state index is 13.8. The normalized spacial score (nSPS) is 11.7. The van der Waals surface area contributed by atoms with Crippen LogP contribution < -0.4 is 5.32 Å². The van der Waals surface area contributed by atoms with Gasteiger partial charge in [0.05, 0.1) is 5.75 Å². The molecule has 0 spiro atoms. The van der Waals surface area contributed by atoms with Gasteiger partial charge in [-0.2, -0.15) is 0 Å². The van der Waals surface area contributed by atoms with E-state index in [0.717, 1.165) is 10.0 Å². The lowest BCUT2D eigenvalue weighted by atomic mass is 10.1. The van der Waals surface area contributed by atoms with Crippen molar-refractivity contribution in [3.05, 3.63) is 69.9 Å². The van der Waals surface area contributed by atoms with Crippen LogP contribution in [0.1, 0.15) is 25.0 Å². The van der Waals surface area contributed by atoms with E-state index < -0.39 is 6.04 Å². The molecule has 0 unspecified atom stereocenters. The molecule has 0 heterocycles. The summed E-state index contributed by atoms with van der Waals surface area (Å²) in [4.78, 5) is 26.8. The van der Waals surface area contributed by atoms with Crippen LogP contribution in [0.15, 0.2) is 53.0 Å². The summed E-state index contributed by atoms with van der Waals surface area (Å²) in [6.07, 6.45) is 0. The molecule has 0 radical (unpaired) electrons. The first-order chi connectivity index (χ1) is 13.4. The first-order valence-corrected chi connectivity index (χ1v) is 11.0. The Bertz CT molecular complexity index is 818. The minimum absolute atomic E-state index is 0.153. The number of nitrogens with one attached hydrogen (secondary N) is 1. The van der Waals surface area contributed by atoms with Gasteiger partial charge >= 0.3 is 0 Å². The maximum Gasteiger partial charge on any atom is 0.242 e. The van der Waals surface area contributed by atoms with E-state index in [4.69, 9.17) is 0 Å². The average molecular weight is 467 g/mol. The average Bonchev–Trinajstić information content (AvgIpc) is 2.67. The Balaban J connectivity index is 2.07. The first-order valence-electron chi connectivity index (χ1n) is 9.05. The number of rotatable bonds is 9. The van der Waals surface area contributed by atoms with Gasteiger partial charge in [-0.25, -0.2) is 4.39 Å².